The van der Waals surface area contributed by atoms with Crippen LogP contribution in [0.15, 0.2) is 24.3 Å². The van der Waals surface area contributed by atoms with Crippen molar-refractivity contribution in [1.29, 1.82) is 0 Å². The highest BCUT2D eigenvalue weighted by Crippen LogP contribution is 2.21. The molecular weight excluding hydrogens is 268 g/mol. The standard InChI is InChI=1S/C21H36O/c1-4-6-7-8-9-10-11-12-13-17-20(5-2)22-21-18-15-14-16-19(21)3/h14-16,18,20H,4-13,17H2,1-3H3. The molecule has 0 aromatic heterocycles. The minimum absolute atomic E-state index is 0.380. The van der Waals surface area contributed by atoms with E-state index in [2.05, 4.69) is 45.0 Å². The molecule has 0 saturated carbocycles. The largest absolute Gasteiger partial charge is 0.490 e. The predicted molar refractivity (Wildman–Crippen MR) is 97.7 cm³/mol. The molecule has 22 heavy (non-hydrogen) atoms. The summed E-state index contributed by atoms with van der Waals surface area (Å²) in [5.41, 5.74) is 1.24. The number of para-hydroxylation sites is 1. The molecule has 0 aliphatic carbocycles. The first-order valence-electron chi connectivity index (χ1n) is 9.50. The molecule has 1 atom stereocenters. The first kappa shape index (κ1) is 19.1. The normalized spacial score (nSPS) is 12.3. The lowest BCUT2D eigenvalue weighted by molar-refractivity contribution is 0.181. The second-order valence-corrected chi connectivity index (χ2v) is 6.53. The molecule has 0 aliphatic heterocycles. The number of hydrogen-bond acceptors (Lipinski definition) is 1. The quantitative estimate of drug-likeness (QED) is 0.354. The zero-order valence-corrected chi connectivity index (χ0v) is 15.1. The minimum atomic E-state index is 0.380. The number of rotatable bonds is 13. The molecule has 0 amide bonds. The van der Waals surface area contributed by atoms with E-state index >= 15 is 0 Å². The van der Waals surface area contributed by atoms with E-state index < -0.39 is 0 Å². The average molecular weight is 305 g/mol. The Labute approximate surface area is 138 Å². The highest BCUT2D eigenvalue weighted by molar-refractivity contribution is 5.31. The van der Waals surface area contributed by atoms with Crippen molar-refractivity contribution < 1.29 is 4.74 Å². The summed E-state index contributed by atoms with van der Waals surface area (Å²) in [5.74, 6) is 1.06. The fourth-order valence-electron chi connectivity index (χ4n) is 2.90. The Hall–Kier alpha value is -0.980. The molecule has 1 aromatic rings. The average Bonchev–Trinajstić information content (AvgIpc) is 2.54. The second-order valence-electron chi connectivity index (χ2n) is 6.53. The van der Waals surface area contributed by atoms with Gasteiger partial charge in [0.25, 0.3) is 0 Å². The fraction of sp³-hybridized carbons (Fsp3) is 0.714. The molecule has 0 radical (unpaired) electrons. The fourth-order valence-corrected chi connectivity index (χ4v) is 2.90. The molecule has 0 heterocycles. The monoisotopic (exact) mass is 304 g/mol. The lowest BCUT2D eigenvalue weighted by Gasteiger charge is -2.19. The van der Waals surface area contributed by atoms with Gasteiger partial charge in [-0.05, 0) is 37.8 Å². The van der Waals surface area contributed by atoms with Crippen LogP contribution < -0.4 is 4.74 Å². The molecule has 1 nitrogen and oxygen atoms in total. The van der Waals surface area contributed by atoms with Gasteiger partial charge in [0.05, 0.1) is 6.10 Å². The summed E-state index contributed by atoms with van der Waals surface area (Å²) in [4.78, 5) is 0. The van der Waals surface area contributed by atoms with Gasteiger partial charge < -0.3 is 4.74 Å². The number of hydrogen-bond donors (Lipinski definition) is 0. The molecule has 1 unspecified atom stereocenters. The molecule has 0 aliphatic rings. The predicted octanol–water partition coefficient (Wildman–Crippen LogP) is 7.07. The van der Waals surface area contributed by atoms with Crippen LogP contribution >= 0.6 is 0 Å². The van der Waals surface area contributed by atoms with Gasteiger partial charge in [0, 0.05) is 0 Å². The first-order valence-corrected chi connectivity index (χ1v) is 9.50. The van der Waals surface area contributed by atoms with Gasteiger partial charge in [-0.3, -0.25) is 0 Å². The van der Waals surface area contributed by atoms with Crippen LogP contribution in [0.25, 0.3) is 0 Å². The molecule has 126 valence electrons. The van der Waals surface area contributed by atoms with Gasteiger partial charge in [-0.15, -0.1) is 0 Å². The van der Waals surface area contributed by atoms with Crippen LogP contribution in [0.4, 0.5) is 0 Å². The minimum Gasteiger partial charge on any atom is -0.490 e. The van der Waals surface area contributed by atoms with E-state index in [0.717, 1.165) is 12.2 Å². The maximum atomic E-state index is 6.17. The molecule has 0 bridgehead atoms. The van der Waals surface area contributed by atoms with Gasteiger partial charge in [-0.1, -0.05) is 83.4 Å². The Kier molecular flexibility index (Phi) is 10.9. The van der Waals surface area contributed by atoms with Crippen molar-refractivity contribution in [2.24, 2.45) is 0 Å². The van der Waals surface area contributed by atoms with Gasteiger partial charge in [0.1, 0.15) is 5.75 Å². The first-order chi connectivity index (χ1) is 10.8. The SMILES string of the molecule is CCCCCCCCCCCC(CC)Oc1ccccc1C. The third kappa shape index (κ3) is 8.46. The van der Waals surface area contributed by atoms with E-state index in [9.17, 15) is 0 Å². The van der Waals surface area contributed by atoms with Crippen LogP contribution in [0.2, 0.25) is 0 Å². The summed E-state index contributed by atoms with van der Waals surface area (Å²) in [6.07, 6.45) is 15.2. The number of unbranched alkanes of at least 4 members (excludes halogenated alkanes) is 8. The van der Waals surface area contributed by atoms with E-state index in [1.807, 2.05) is 0 Å². The highest BCUT2D eigenvalue weighted by atomic mass is 16.5. The van der Waals surface area contributed by atoms with Gasteiger partial charge in [-0.25, -0.2) is 0 Å². The molecule has 0 N–H and O–H groups in total. The summed E-state index contributed by atoms with van der Waals surface area (Å²) in [7, 11) is 0. The van der Waals surface area contributed by atoms with Gasteiger partial charge in [-0.2, -0.15) is 0 Å². The van der Waals surface area contributed by atoms with Crippen LogP contribution in [-0.4, -0.2) is 6.10 Å². The summed E-state index contributed by atoms with van der Waals surface area (Å²) in [5, 5.41) is 0. The van der Waals surface area contributed by atoms with Crippen LogP contribution in [0.1, 0.15) is 90.0 Å². The van der Waals surface area contributed by atoms with E-state index in [4.69, 9.17) is 4.74 Å². The summed E-state index contributed by atoms with van der Waals surface area (Å²) in [6, 6.07) is 8.35. The van der Waals surface area contributed by atoms with Crippen LogP contribution in [-0.2, 0) is 0 Å². The number of ether oxygens (including phenoxy) is 1. The van der Waals surface area contributed by atoms with Crippen molar-refractivity contribution in [3.63, 3.8) is 0 Å². The van der Waals surface area contributed by atoms with Crippen LogP contribution in [0.3, 0.4) is 0 Å². The Morgan fingerprint density at radius 1 is 0.818 bits per heavy atom. The van der Waals surface area contributed by atoms with Crippen molar-refractivity contribution >= 4 is 0 Å². The van der Waals surface area contributed by atoms with E-state index in [1.54, 1.807) is 0 Å². The van der Waals surface area contributed by atoms with E-state index in [1.165, 1.54) is 69.8 Å². The third-order valence-corrected chi connectivity index (χ3v) is 4.47. The molecule has 0 spiro atoms. The van der Waals surface area contributed by atoms with Gasteiger partial charge >= 0.3 is 0 Å². The van der Waals surface area contributed by atoms with Crippen molar-refractivity contribution in [3.05, 3.63) is 29.8 Å². The van der Waals surface area contributed by atoms with Gasteiger partial charge in [0.2, 0.25) is 0 Å². The van der Waals surface area contributed by atoms with Crippen molar-refractivity contribution in [1.82, 2.24) is 0 Å². The zero-order valence-electron chi connectivity index (χ0n) is 15.1. The maximum Gasteiger partial charge on any atom is 0.122 e. The van der Waals surface area contributed by atoms with Crippen LogP contribution in [0.5, 0.6) is 5.75 Å². The highest BCUT2D eigenvalue weighted by Gasteiger charge is 2.09. The lowest BCUT2D eigenvalue weighted by Crippen LogP contribution is -2.15. The summed E-state index contributed by atoms with van der Waals surface area (Å²) < 4.78 is 6.17. The molecular formula is C21H36O. The Morgan fingerprint density at radius 3 is 2.00 bits per heavy atom. The Bertz CT molecular complexity index is 372. The maximum absolute atomic E-state index is 6.17. The zero-order chi connectivity index (χ0) is 16.0. The van der Waals surface area contributed by atoms with E-state index in [0.29, 0.717) is 6.10 Å². The third-order valence-electron chi connectivity index (χ3n) is 4.47. The van der Waals surface area contributed by atoms with Crippen molar-refractivity contribution in [2.45, 2.75) is 97.5 Å². The number of benzene rings is 1. The van der Waals surface area contributed by atoms with Crippen molar-refractivity contribution in [3.8, 4) is 5.75 Å². The molecule has 1 rings (SSSR count). The van der Waals surface area contributed by atoms with Gasteiger partial charge in [0.15, 0.2) is 0 Å². The Morgan fingerprint density at radius 2 is 1.41 bits per heavy atom. The molecule has 0 saturated heterocycles. The summed E-state index contributed by atoms with van der Waals surface area (Å²) >= 11 is 0. The Balaban J connectivity index is 2.08. The molecule has 1 aromatic carbocycles. The second kappa shape index (κ2) is 12.6. The number of aryl methyl sites for hydroxylation is 1. The lowest BCUT2D eigenvalue weighted by atomic mass is 10.0. The summed E-state index contributed by atoms with van der Waals surface area (Å²) in [6.45, 7) is 6.64. The smallest absolute Gasteiger partial charge is 0.122 e. The molecule has 0 fully saturated rings. The van der Waals surface area contributed by atoms with Crippen LogP contribution in [0, 0.1) is 6.92 Å². The van der Waals surface area contributed by atoms with E-state index in [-0.39, 0.29) is 0 Å². The van der Waals surface area contributed by atoms with Crippen molar-refractivity contribution in [2.75, 3.05) is 0 Å². The topological polar surface area (TPSA) is 9.23 Å². The molecule has 1 heteroatoms.